The standard InChI is InChI=1S/C21H13N5O2/c27-19-14-7-2-1-6-12(14)13-9-5-10-16(18(13)19)21(28)22-17-11-4-3-8-15(17)20-23-25-26-24-20/h1-11H,(H,22,28)(H,23,24,25,26). The number of hydrogen-bond acceptors (Lipinski definition) is 5. The van der Waals surface area contributed by atoms with Gasteiger partial charge in [0.2, 0.25) is 5.82 Å². The van der Waals surface area contributed by atoms with E-state index in [1.54, 1.807) is 36.4 Å². The van der Waals surface area contributed by atoms with Crippen molar-refractivity contribution in [1.29, 1.82) is 0 Å². The number of H-pyrrole nitrogens is 1. The zero-order valence-corrected chi connectivity index (χ0v) is 14.5. The fourth-order valence-electron chi connectivity index (χ4n) is 3.51. The Kier molecular flexibility index (Phi) is 3.58. The Hall–Kier alpha value is -4.13. The first kappa shape index (κ1) is 16.1. The second kappa shape index (κ2) is 6.24. The van der Waals surface area contributed by atoms with Gasteiger partial charge in [0, 0.05) is 16.7 Å². The van der Waals surface area contributed by atoms with Crippen molar-refractivity contribution >= 4 is 17.4 Å². The Morgan fingerprint density at radius 3 is 2.32 bits per heavy atom. The minimum absolute atomic E-state index is 0.136. The number of carbonyl (C=O) groups excluding carboxylic acids is 2. The maximum atomic E-state index is 13.1. The summed E-state index contributed by atoms with van der Waals surface area (Å²) in [6.07, 6.45) is 0. The molecule has 0 aliphatic heterocycles. The third kappa shape index (κ3) is 2.41. The van der Waals surface area contributed by atoms with E-state index >= 15 is 0 Å². The zero-order valence-electron chi connectivity index (χ0n) is 14.5. The van der Waals surface area contributed by atoms with E-state index in [0.717, 1.165) is 11.1 Å². The highest BCUT2D eigenvalue weighted by Gasteiger charge is 2.30. The summed E-state index contributed by atoms with van der Waals surface area (Å²) in [5, 5.41) is 16.8. The molecule has 134 valence electrons. The molecule has 1 amide bonds. The van der Waals surface area contributed by atoms with Crippen molar-refractivity contribution in [3.05, 3.63) is 83.4 Å². The number of anilines is 1. The van der Waals surface area contributed by atoms with Crippen LogP contribution < -0.4 is 5.32 Å². The van der Waals surface area contributed by atoms with Crippen molar-refractivity contribution in [2.24, 2.45) is 0 Å². The van der Waals surface area contributed by atoms with Crippen molar-refractivity contribution < 1.29 is 9.59 Å². The van der Waals surface area contributed by atoms with Crippen LogP contribution in [0.15, 0.2) is 66.7 Å². The molecule has 2 N–H and O–H groups in total. The molecule has 5 rings (SSSR count). The summed E-state index contributed by atoms with van der Waals surface area (Å²) in [7, 11) is 0. The van der Waals surface area contributed by atoms with Gasteiger partial charge in [0.1, 0.15) is 0 Å². The fourth-order valence-corrected chi connectivity index (χ4v) is 3.51. The monoisotopic (exact) mass is 367 g/mol. The predicted octanol–water partition coefficient (Wildman–Crippen LogP) is 3.33. The van der Waals surface area contributed by atoms with Crippen LogP contribution in [0.1, 0.15) is 26.3 Å². The third-order valence-electron chi connectivity index (χ3n) is 4.76. The molecule has 1 aliphatic carbocycles. The van der Waals surface area contributed by atoms with Crippen molar-refractivity contribution in [3.63, 3.8) is 0 Å². The van der Waals surface area contributed by atoms with Crippen LogP contribution in [-0.2, 0) is 0 Å². The Balaban J connectivity index is 1.55. The lowest BCUT2D eigenvalue weighted by molar-refractivity contribution is 0.0999. The molecule has 4 aromatic rings. The number of hydrogen-bond donors (Lipinski definition) is 2. The molecular weight excluding hydrogens is 354 g/mol. The molecule has 1 aromatic heterocycles. The molecular formula is C21H13N5O2. The number of amides is 1. The van der Waals surface area contributed by atoms with Crippen molar-refractivity contribution in [2.75, 3.05) is 5.32 Å². The van der Waals surface area contributed by atoms with Gasteiger partial charge in [-0.1, -0.05) is 48.5 Å². The van der Waals surface area contributed by atoms with E-state index in [1.165, 1.54) is 0 Å². The average molecular weight is 367 g/mol. The maximum absolute atomic E-state index is 13.1. The second-order valence-corrected chi connectivity index (χ2v) is 6.34. The van der Waals surface area contributed by atoms with Crippen LogP contribution in [-0.4, -0.2) is 32.3 Å². The molecule has 0 fully saturated rings. The van der Waals surface area contributed by atoms with E-state index in [1.807, 2.05) is 30.3 Å². The first-order valence-electron chi connectivity index (χ1n) is 8.65. The Morgan fingerprint density at radius 1 is 0.821 bits per heavy atom. The number of benzene rings is 3. The van der Waals surface area contributed by atoms with Gasteiger partial charge in [-0.25, -0.2) is 0 Å². The number of fused-ring (bicyclic) bond motifs is 3. The molecule has 0 saturated carbocycles. The summed E-state index contributed by atoms with van der Waals surface area (Å²) >= 11 is 0. The first-order valence-corrected chi connectivity index (χ1v) is 8.65. The number of ketones is 1. The minimum Gasteiger partial charge on any atom is -0.321 e. The lowest BCUT2D eigenvalue weighted by Gasteiger charge is -2.11. The summed E-state index contributed by atoms with van der Waals surface area (Å²) in [5.74, 6) is -0.130. The van der Waals surface area contributed by atoms with Crippen molar-refractivity contribution in [1.82, 2.24) is 20.6 Å². The van der Waals surface area contributed by atoms with Gasteiger partial charge >= 0.3 is 0 Å². The highest BCUT2D eigenvalue weighted by atomic mass is 16.2. The fraction of sp³-hybridized carbons (Fsp3) is 0. The van der Waals surface area contributed by atoms with E-state index in [4.69, 9.17) is 0 Å². The Morgan fingerprint density at radius 2 is 1.54 bits per heavy atom. The number of nitrogens with one attached hydrogen (secondary N) is 2. The van der Waals surface area contributed by atoms with Gasteiger partial charge < -0.3 is 5.32 Å². The molecule has 0 radical (unpaired) electrons. The maximum Gasteiger partial charge on any atom is 0.256 e. The van der Waals surface area contributed by atoms with Crippen molar-refractivity contribution in [2.45, 2.75) is 0 Å². The molecule has 1 heterocycles. The quantitative estimate of drug-likeness (QED) is 0.509. The topological polar surface area (TPSA) is 101 Å². The molecule has 0 spiro atoms. The largest absolute Gasteiger partial charge is 0.321 e. The van der Waals surface area contributed by atoms with E-state index in [2.05, 4.69) is 25.9 Å². The van der Waals surface area contributed by atoms with Crippen LogP contribution in [0.4, 0.5) is 5.69 Å². The number of aromatic nitrogens is 4. The minimum atomic E-state index is -0.367. The van der Waals surface area contributed by atoms with Crippen LogP contribution in [0, 0.1) is 0 Å². The molecule has 0 bridgehead atoms. The summed E-state index contributed by atoms with van der Waals surface area (Å²) in [6, 6.07) is 19.9. The van der Waals surface area contributed by atoms with Crippen molar-refractivity contribution in [3.8, 4) is 22.5 Å². The predicted molar refractivity (Wildman–Crippen MR) is 103 cm³/mol. The van der Waals surface area contributed by atoms with Gasteiger partial charge in [0.25, 0.3) is 5.91 Å². The summed E-state index contributed by atoms with van der Waals surface area (Å²) in [5.41, 5.74) is 4.18. The number of carbonyl (C=O) groups is 2. The van der Waals surface area contributed by atoms with Gasteiger partial charge in [-0.15, -0.1) is 10.2 Å². The molecule has 0 unspecified atom stereocenters. The Labute approximate surface area is 159 Å². The molecule has 0 atom stereocenters. The molecule has 3 aromatic carbocycles. The van der Waals surface area contributed by atoms with Gasteiger partial charge in [0.15, 0.2) is 5.78 Å². The smallest absolute Gasteiger partial charge is 0.256 e. The van der Waals surface area contributed by atoms with E-state index in [0.29, 0.717) is 33.8 Å². The average Bonchev–Trinajstić information content (AvgIpc) is 3.36. The number of tetrazole rings is 1. The Bertz CT molecular complexity index is 1230. The number of aromatic amines is 1. The summed E-state index contributed by atoms with van der Waals surface area (Å²) < 4.78 is 0. The van der Waals surface area contributed by atoms with Crippen LogP contribution in [0.5, 0.6) is 0 Å². The zero-order chi connectivity index (χ0) is 19.1. The SMILES string of the molecule is O=C(Nc1ccccc1-c1nn[nH]n1)c1cccc2c1C(=O)c1ccccc1-2. The highest BCUT2D eigenvalue weighted by molar-refractivity contribution is 6.26. The van der Waals surface area contributed by atoms with Gasteiger partial charge in [-0.3, -0.25) is 9.59 Å². The number of nitrogens with zero attached hydrogens (tertiary/aromatic N) is 3. The van der Waals surface area contributed by atoms with Gasteiger partial charge in [-0.2, -0.15) is 5.21 Å². The van der Waals surface area contributed by atoms with Crippen LogP contribution in [0.25, 0.3) is 22.5 Å². The lowest BCUT2D eigenvalue weighted by atomic mass is 10.00. The number of rotatable bonds is 3. The van der Waals surface area contributed by atoms with Gasteiger partial charge in [-0.05, 0) is 34.5 Å². The summed E-state index contributed by atoms with van der Waals surface area (Å²) in [6.45, 7) is 0. The molecule has 7 nitrogen and oxygen atoms in total. The first-order chi connectivity index (χ1) is 13.7. The summed E-state index contributed by atoms with van der Waals surface area (Å²) in [4.78, 5) is 26.0. The van der Waals surface area contributed by atoms with E-state index < -0.39 is 0 Å². The second-order valence-electron chi connectivity index (χ2n) is 6.34. The highest BCUT2D eigenvalue weighted by Crippen LogP contribution is 2.38. The molecule has 28 heavy (non-hydrogen) atoms. The van der Waals surface area contributed by atoms with E-state index in [9.17, 15) is 9.59 Å². The van der Waals surface area contributed by atoms with Gasteiger partial charge in [0.05, 0.1) is 11.3 Å². The van der Waals surface area contributed by atoms with Crippen LogP contribution in [0.2, 0.25) is 0 Å². The van der Waals surface area contributed by atoms with Crippen LogP contribution in [0.3, 0.4) is 0 Å². The number of para-hydroxylation sites is 1. The molecule has 0 saturated heterocycles. The molecule has 7 heteroatoms. The normalized spacial score (nSPS) is 11.8. The molecule has 1 aliphatic rings. The lowest BCUT2D eigenvalue weighted by Crippen LogP contribution is -2.16. The third-order valence-corrected chi connectivity index (χ3v) is 4.76. The van der Waals surface area contributed by atoms with Crippen LogP contribution >= 0.6 is 0 Å². The van der Waals surface area contributed by atoms with E-state index in [-0.39, 0.29) is 11.7 Å².